The Morgan fingerprint density at radius 1 is 1.07 bits per heavy atom. The van der Waals surface area contributed by atoms with Crippen molar-refractivity contribution in [2.45, 2.75) is 25.8 Å². The van der Waals surface area contributed by atoms with Gasteiger partial charge in [0.2, 0.25) is 17.8 Å². The standard InChI is InChI=1S/C28H29ClF2N6O3/c1-3-22(40)36-11-13-37(14-12-36)27-18-15-19(29)23(24-20(30)5-4-6-21(24)39)25(31)26(18)33-28(34-27)32-17-7-9-35(10-8-17)16(2)38/h3-6,15,17,39H,1,7-14H2,2H3,(H,32,33,34). The van der Waals surface area contributed by atoms with Crippen molar-refractivity contribution in [2.24, 2.45) is 0 Å². The highest BCUT2D eigenvalue weighted by Gasteiger charge is 2.28. The molecule has 210 valence electrons. The third-order valence-electron chi connectivity index (χ3n) is 7.44. The van der Waals surface area contributed by atoms with Crippen LogP contribution in [0.15, 0.2) is 36.9 Å². The molecule has 2 aliphatic rings. The molecule has 0 saturated carbocycles. The predicted octanol–water partition coefficient (Wildman–Crippen LogP) is 4.19. The van der Waals surface area contributed by atoms with Gasteiger partial charge in [0.05, 0.1) is 10.6 Å². The van der Waals surface area contributed by atoms with E-state index >= 15 is 4.39 Å². The maximum atomic E-state index is 16.2. The molecular formula is C28H29ClF2N6O3. The second-order valence-electron chi connectivity index (χ2n) is 9.89. The van der Waals surface area contributed by atoms with E-state index in [-0.39, 0.29) is 45.5 Å². The highest BCUT2D eigenvalue weighted by Crippen LogP contribution is 2.42. The van der Waals surface area contributed by atoms with Gasteiger partial charge in [0, 0.05) is 63.2 Å². The number of hydrogen-bond acceptors (Lipinski definition) is 7. The van der Waals surface area contributed by atoms with Gasteiger partial charge in [0.25, 0.3) is 0 Å². The number of piperidine rings is 1. The van der Waals surface area contributed by atoms with Crippen molar-refractivity contribution in [3.8, 4) is 16.9 Å². The first-order chi connectivity index (χ1) is 19.2. The van der Waals surface area contributed by atoms with Gasteiger partial charge in [-0.25, -0.2) is 13.8 Å². The van der Waals surface area contributed by atoms with Crippen molar-refractivity contribution in [3.05, 3.63) is 53.6 Å². The molecule has 40 heavy (non-hydrogen) atoms. The number of piperazine rings is 1. The SMILES string of the molecule is C=CC(=O)N1CCN(c2nc(NC3CCN(C(C)=O)CC3)nc3c(F)c(-c4c(O)cccc4F)c(Cl)cc23)CC1. The third-order valence-corrected chi connectivity index (χ3v) is 7.74. The summed E-state index contributed by atoms with van der Waals surface area (Å²) in [5.41, 5.74) is -0.730. The first-order valence-electron chi connectivity index (χ1n) is 13.0. The average Bonchev–Trinajstić information content (AvgIpc) is 2.94. The average molecular weight is 571 g/mol. The number of aromatic hydroxyl groups is 1. The minimum absolute atomic E-state index is 0.0136. The summed E-state index contributed by atoms with van der Waals surface area (Å²) in [6.07, 6.45) is 2.59. The maximum Gasteiger partial charge on any atom is 0.246 e. The molecule has 2 aliphatic heterocycles. The molecule has 12 heteroatoms. The van der Waals surface area contributed by atoms with E-state index in [0.717, 1.165) is 6.07 Å². The van der Waals surface area contributed by atoms with Crippen LogP contribution >= 0.6 is 11.6 Å². The van der Waals surface area contributed by atoms with Crippen molar-refractivity contribution in [1.29, 1.82) is 0 Å². The Kier molecular flexibility index (Phi) is 7.75. The highest BCUT2D eigenvalue weighted by atomic mass is 35.5. The van der Waals surface area contributed by atoms with Gasteiger partial charge >= 0.3 is 0 Å². The fourth-order valence-corrected chi connectivity index (χ4v) is 5.55. The van der Waals surface area contributed by atoms with E-state index in [4.69, 9.17) is 16.6 Å². The van der Waals surface area contributed by atoms with Gasteiger partial charge in [-0.1, -0.05) is 24.2 Å². The molecule has 2 amide bonds. The van der Waals surface area contributed by atoms with Crippen LogP contribution in [0.5, 0.6) is 5.75 Å². The van der Waals surface area contributed by atoms with Gasteiger partial charge in [-0.15, -0.1) is 0 Å². The number of carbonyl (C=O) groups excluding carboxylic acids is 2. The summed E-state index contributed by atoms with van der Waals surface area (Å²) in [7, 11) is 0. The van der Waals surface area contributed by atoms with E-state index in [2.05, 4.69) is 16.9 Å². The fourth-order valence-electron chi connectivity index (χ4n) is 5.26. The van der Waals surface area contributed by atoms with Crippen LogP contribution in [-0.4, -0.2) is 82.0 Å². The van der Waals surface area contributed by atoms with E-state index in [1.54, 1.807) is 9.80 Å². The number of fused-ring (bicyclic) bond motifs is 1. The number of amides is 2. The van der Waals surface area contributed by atoms with Crippen LogP contribution in [0.25, 0.3) is 22.0 Å². The molecule has 2 fully saturated rings. The molecule has 2 saturated heterocycles. The van der Waals surface area contributed by atoms with Crippen LogP contribution in [-0.2, 0) is 9.59 Å². The topological polar surface area (TPSA) is 102 Å². The smallest absolute Gasteiger partial charge is 0.246 e. The molecule has 3 aromatic rings. The van der Waals surface area contributed by atoms with Gasteiger partial charge < -0.3 is 25.1 Å². The minimum Gasteiger partial charge on any atom is -0.507 e. The van der Waals surface area contributed by atoms with Crippen molar-refractivity contribution in [2.75, 3.05) is 49.5 Å². The van der Waals surface area contributed by atoms with Crippen LogP contribution in [0.1, 0.15) is 19.8 Å². The normalized spacial score (nSPS) is 16.4. The van der Waals surface area contributed by atoms with Gasteiger partial charge in [-0.05, 0) is 37.1 Å². The van der Waals surface area contributed by atoms with Crippen LogP contribution < -0.4 is 10.2 Å². The molecule has 3 heterocycles. The molecule has 0 aliphatic carbocycles. The third kappa shape index (κ3) is 5.25. The molecule has 5 rings (SSSR count). The highest BCUT2D eigenvalue weighted by molar-refractivity contribution is 6.34. The number of hydrogen-bond donors (Lipinski definition) is 2. The molecule has 0 unspecified atom stereocenters. The first-order valence-corrected chi connectivity index (χ1v) is 13.4. The summed E-state index contributed by atoms with van der Waals surface area (Å²) in [5.74, 6) is -1.72. The van der Waals surface area contributed by atoms with Crippen LogP contribution in [0.2, 0.25) is 5.02 Å². The number of halogens is 3. The zero-order chi connectivity index (χ0) is 28.6. The number of phenolic OH excluding ortho intramolecular Hbond substituents is 1. The zero-order valence-corrected chi connectivity index (χ0v) is 22.7. The van der Waals surface area contributed by atoms with Gasteiger partial charge in [-0.3, -0.25) is 9.59 Å². The summed E-state index contributed by atoms with van der Waals surface area (Å²) in [6, 6.07) is 5.12. The number of aromatic nitrogens is 2. The van der Waals surface area contributed by atoms with Gasteiger partial charge in [0.15, 0.2) is 5.82 Å². The number of anilines is 2. The number of benzene rings is 2. The van der Waals surface area contributed by atoms with Crippen molar-refractivity contribution in [3.63, 3.8) is 0 Å². The first kappa shape index (κ1) is 27.6. The second-order valence-corrected chi connectivity index (χ2v) is 10.3. The Hall–Kier alpha value is -3.99. The predicted molar refractivity (Wildman–Crippen MR) is 149 cm³/mol. The molecule has 1 aromatic heterocycles. The lowest BCUT2D eigenvalue weighted by molar-refractivity contribution is -0.129. The van der Waals surface area contributed by atoms with Crippen LogP contribution in [0.3, 0.4) is 0 Å². The molecule has 0 atom stereocenters. The van der Waals surface area contributed by atoms with E-state index in [1.165, 1.54) is 31.2 Å². The Morgan fingerprint density at radius 3 is 2.40 bits per heavy atom. The van der Waals surface area contributed by atoms with Gasteiger partial charge in [0.1, 0.15) is 22.9 Å². The summed E-state index contributed by atoms with van der Waals surface area (Å²) in [4.78, 5) is 38.4. The maximum absolute atomic E-state index is 16.2. The lowest BCUT2D eigenvalue weighted by Crippen LogP contribution is -2.48. The lowest BCUT2D eigenvalue weighted by Gasteiger charge is -2.36. The van der Waals surface area contributed by atoms with Crippen LogP contribution in [0.4, 0.5) is 20.5 Å². The number of nitrogens with zero attached hydrogens (tertiary/aromatic N) is 5. The molecule has 2 N–H and O–H groups in total. The van der Waals surface area contributed by atoms with Crippen LogP contribution in [0, 0.1) is 11.6 Å². The van der Waals surface area contributed by atoms with Crippen molar-refractivity contribution < 1.29 is 23.5 Å². The molecule has 9 nitrogen and oxygen atoms in total. The molecule has 0 bridgehead atoms. The number of carbonyl (C=O) groups is 2. The lowest BCUT2D eigenvalue weighted by atomic mass is 10.0. The summed E-state index contributed by atoms with van der Waals surface area (Å²) in [6.45, 7) is 7.92. The van der Waals surface area contributed by atoms with Crippen molar-refractivity contribution >= 4 is 46.1 Å². The zero-order valence-electron chi connectivity index (χ0n) is 22.0. The largest absolute Gasteiger partial charge is 0.507 e. The molecule has 0 spiro atoms. The summed E-state index contributed by atoms with van der Waals surface area (Å²) in [5, 5.41) is 13.9. The van der Waals surface area contributed by atoms with E-state index in [0.29, 0.717) is 63.3 Å². The Balaban J connectivity index is 1.58. The second kappa shape index (κ2) is 11.2. The van der Waals surface area contributed by atoms with E-state index < -0.39 is 17.4 Å². The monoisotopic (exact) mass is 570 g/mol. The summed E-state index contributed by atoms with van der Waals surface area (Å²) >= 11 is 6.51. The number of nitrogens with one attached hydrogen (secondary N) is 1. The number of likely N-dealkylation sites (tertiary alicyclic amines) is 1. The molecule has 2 aromatic carbocycles. The van der Waals surface area contributed by atoms with Gasteiger partial charge in [-0.2, -0.15) is 4.98 Å². The Morgan fingerprint density at radius 2 is 1.77 bits per heavy atom. The molecular weight excluding hydrogens is 542 g/mol. The minimum atomic E-state index is -0.888. The van der Waals surface area contributed by atoms with E-state index in [9.17, 15) is 19.1 Å². The fraction of sp³-hybridized carbons (Fsp3) is 0.357. The Bertz CT molecular complexity index is 1470. The summed E-state index contributed by atoms with van der Waals surface area (Å²) < 4.78 is 31.0. The number of rotatable bonds is 5. The molecule has 0 radical (unpaired) electrons. The van der Waals surface area contributed by atoms with E-state index in [1.807, 2.05) is 4.90 Å². The Labute approximate surface area is 235 Å². The van der Waals surface area contributed by atoms with Crippen molar-refractivity contribution in [1.82, 2.24) is 19.8 Å². The number of phenols is 1. The quantitative estimate of drug-likeness (QED) is 0.444.